The van der Waals surface area contributed by atoms with Gasteiger partial charge in [0, 0.05) is 0 Å². The Kier molecular flexibility index (Phi) is 2.80. The predicted molar refractivity (Wildman–Crippen MR) is 57.3 cm³/mol. The summed E-state index contributed by atoms with van der Waals surface area (Å²) in [4.78, 5) is 34.6. The van der Waals surface area contributed by atoms with Gasteiger partial charge in [0.1, 0.15) is 6.54 Å². The van der Waals surface area contributed by atoms with E-state index in [1.807, 2.05) is 0 Å². The second-order valence-corrected chi connectivity index (χ2v) is 3.92. The maximum absolute atomic E-state index is 12.5. The molecule has 19 heavy (non-hydrogen) atoms. The minimum absolute atomic E-state index is 0.0400. The van der Waals surface area contributed by atoms with Crippen LogP contribution in [0, 0.1) is 0 Å². The van der Waals surface area contributed by atoms with E-state index in [0.29, 0.717) is 6.07 Å². The molecule has 0 spiro atoms. The number of carbonyl (C=O) groups excluding carboxylic acids is 3. The Bertz CT molecular complexity index is 595. The second-order valence-electron chi connectivity index (χ2n) is 3.92. The quantitative estimate of drug-likeness (QED) is 0.805. The number of halogens is 3. The molecule has 1 aliphatic rings. The Balaban J connectivity index is 2.50. The largest absolute Gasteiger partial charge is 0.416 e. The maximum Gasteiger partial charge on any atom is 0.416 e. The van der Waals surface area contributed by atoms with Crippen LogP contribution in [0.5, 0.6) is 0 Å². The third-order valence-electron chi connectivity index (χ3n) is 2.61. The molecule has 1 aromatic rings. The molecule has 0 saturated heterocycles. The topological polar surface area (TPSA) is 80.5 Å². The van der Waals surface area contributed by atoms with Gasteiger partial charge in [-0.15, -0.1) is 0 Å². The van der Waals surface area contributed by atoms with Crippen LogP contribution >= 0.6 is 0 Å². The molecule has 1 aromatic carbocycles. The number of benzene rings is 1. The lowest BCUT2D eigenvalue weighted by Crippen LogP contribution is -2.37. The van der Waals surface area contributed by atoms with Crippen LogP contribution in [0.3, 0.4) is 0 Å². The van der Waals surface area contributed by atoms with Crippen molar-refractivity contribution in [2.75, 3.05) is 11.4 Å². The number of hydrogen-bond acceptors (Lipinski definition) is 3. The molecule has 1 heterocycles. The molecule has 0 bridgehead atoms. The molecule has 2 rings (SSSR count). The molecule has 0 fully saturated rings. The zero-order valence-electron chi connectivity index (χ0n) is 9.32. The van der Waals surface area contributed by atoms with Gasteiger partial charge in [-0.25, -0.2) is 0 Å². The third kappa shape index (κ3) is 2.16. The lowest BCUT2D eigenvalue weighted by molar-refractivity contribution is -0.137. The lowest BCUT2D eigenvalue weighted by atomic mass is 10.1. The number of amides is 2. The molecule has 0 atom stereocenters. The summed E-state index contributed by atoms with van der Waals surface area (Å²) in [7, 11) is 0. The van der Waals surface area contributed by atoms with Gasteiger partial charge in [0.2, 0.25) is 5.91 Å². The number of ketones is 1. The molecule has 0 unspecified atom stereocenters. The summed E-state index contributed by atoms with van der Waals surface area (Å²) < 4.78 is 37.5. The van der Waals surface area contributed by atoms with E-state index in [-0.39, 0.29) is 11.3 Å². The van der Waals surface area contributed by atoms with Gasteiger partial charge in [0.25, 0.3) is 11.7 Å². The highest BCUT2D eigenvalue weighted by Gasteiger charge is 2.39. The van der Waals surface area contributed by atoms with Gasteiger partial charge >= 0.3 is 6.18 Å². The Labute approximate surface area is 104 Å². The molecule has 1 aliphatic heterocycles. The van der Waals surface area contributed by atoms with Crippen LogP contribution in [0.4, 0.5) is 18.9 Å². The van der Waals surface area contributed by atoms with Crippen LogP contribution in [0.1, 0.15) is 15.9 Å². The molecule has 0 saturated carbocycles. The molecule has 0 aromatic heterocycles. The Morgan fingerprint density at radius 2 is 1.89 bits per heavy atom. The maximum atomic E-state index is 12.5. The average Bonchev–Trinajstić information content (AvgIpc) is 2.53. The minimum atomic E-state index is -4.62. The van der Waals surface area contributed by atoms with Crippen molar-refractivity contribution in [1.82, 2.24) is 0 Å². The molecular formula is C11H7F3N2O3. The van der Waals surface area contributed by atoms with E-state index in [1.165, 1.54) is 0 Å². The summed E-state index contributed by atoms with van der Waals surface area (Å²) in [5.74, 6) is -3.01. The number of nitrogens with two attached hydrogens (primary N) is 1. The van der Waals surface area contributed by atoms with E-state index in [9.17, 15) is 27.6 Å². The highest BCUT2D eigenvalue weighted by atomic mass is 19.4. The summed E-state index contributed by atoms with van der Waals surface area (Å²) in [6.45, 7) is -0.553. The van der Waals surface area contributed by atoms with Crippen molar-refractivity contribution in [3.05, 3.63) is 29.3 Å². The minimum Gasteiger partial charge on any atom is -0.368 e. The molecule has 5 nitrogen and oxygen atoms in total. The predicted octanol–water partition coefficient (Wildman–Crippen LogP) is 0.720. The lowest BCUT2D eigenvalue weighted by Gasteiger charge is -2.14. The Morgan fingerprint density at radius 3 is 2.42 bits per heavy atom. The molecule has 8 heteroatoms. The van der Waals surface area contributed by atoms with E-state index in [0.717, 1.165) is 17.0 Å². The molecule has 2 N–H and O–H groups in total. The highest BCUT2D eigenvalue weighted by Crippen LogP contribution is 2.35. The number of Topliss-reactive ketones (excluding diaryl/α,β-unsaturated/α-hetero) is 1. The number of anilines is 1. The summed E-state index contributed by atoms with van der Waals surface area (Å²) in [6.07, 6.45) is -4.62. The van der Waals surface area contributed by atoms with E-state index in [1.54, 1.807) is 0 Å². The Morgan fingerprint density at radius 1 is 1.26 bits per heavy atom. The Hall–Kier alpha value is -2.38. The van der Waals surface area contributed by atoms with Crippen LogP contribution in [0.25, 0.3) is 0 Å². The van der Waals surface area contributed by atoms with Crippen molar-refractivity contribution >= 4 is 23.3 Å². The van der Waals surface area contributed by atoms with Gasteiger partial charge in [-0.2, -0.15) is 13.2 Å². The van der Waals surface area contributed by atoms with E-state index >= 15 is 0 Å². The fourth-order valence-electron chi connectivity index (χ4n) is 1.79. The van der Waals surface area contributed by atoms with Crippen molar-refractivity contribution < 1.29 is 27.6 Å². The van der Waals surface area contributed by atoms with Crippen molar-refractivity contribution in [2.24, 2.45) is 5.73 Å². The fourth-order valence-corrected chi connectivity index (χ4v) is 1.79. The van der Waals surface area contributed by atoms with Crippen molar-refractivity contribution in [1.29, 1.82) is 0 Å². The molecule has 100 valence electrons. The van der Waals surface area contributed by atoms with Gasteiger partial charge in [-0.05, 0) is 18.2 Å². The van der Waals surface area contributed by atoms with E-state index in [2.05, 4.69) is 0 Å². The highest BCUT2D eigenvalue weighted by molar-refractivity contribution is 6.52. The fraction of sp³-hybridized carbons (Fsp3) is 0.182. The summed E-state index contributed by atoms with van der Waals surface area (Å²) >= 11 is 0. The van der Waals surface area contributed by atoms with Gasteiger partial charge in [-0.3, -0.25) is 19.3 Å². The second kappa shape index (κ2) is 4.08. The van der Waals surface area contributed by atoms with Crippen LogP contribution in [0.2, 0.25) is 0 Å². The normalized spacial score (nSPS) is 14.8. The smallest absolute Gasteiger partial charge is 0.368 e. The van der Waals surface area contributed by atoms with Gasteiger partial charge < -0.3 is 5.73 Å². The summed E-state index contributed by atoms with van der Waals surface area (Å²) in [6, 6.07) is 2.30. The van der Waals surface area contributed by atoms with Gasteiger partial charge in [0.05, 0.1) is 16.8 Å². The first-order valence-electron chi connectivity index (χ1n) is 5.07. The summed E-state index contributed by atoms with van der Waals surface area (Å²) in [5, 5.41) is 0. The number of fused-ring (bicyclic) bond motifs is 1. The van der Waals surface area contributed by atoms with Crippen molar-refractivity contribution in [3.8, 4) is 0 Å². The SMILES string of the molecule is NC(=O)CN1C(=O)C(=O)c2cc(C(F)(F)F)ccc21. The standard InChI is InChI=1S/C11H7F3N2O3/c12-11(13,14)5-1-2-7-6(3-5)9(18)10(19)16(7)4-8(15)17/h1-3H,4H2,(H2,15,17). The number of nitrogens with zero attached hydrogens (tertiary/aromatic N) is 1. The van der Waals surface area contributed by atoms with Crippen molar-refractivity contribution in [3.63, 3.8) is 0 Å². The van der Waals surface area contributed by atoms with Crippen LogP contribution in [-0.2, 0) is 15.8 Å². The number of primary amides is 1. The van der Waals surface area contributed by atoms with Gasteiger partial charge in [0.15, 0.2) is 0 Å². The number of rotatable bonds is 2. The first-order valence-corrected chi connectivity index (χ1v) is 5.07. The monoisotopic (exact) mass is 272 g/mol. The van der Waals surface area contributed by atoms with Crippen LogP contribution < -0.4 is 10.6 Å². The number of alkyl halides is 3. The first kappa shape index (κ1) is 13.1. The van der Waals surface area contributed by atoms with E-state index in [4.69, 9.17) is 5.73 Å². The average molecular weight is 272 g/mol. The van der Waals surface area contributed by atoms with Crippen LogP contribution in [-0.4, -0.2) is 24.1 Å². The number of hydrogen-bond donors (Lipinski definition) is 1. The molecule has 0 radical (unpaired) electrons. The zero-order chi connectivity index (χ0) is 14.4. The van der Waals surface area contributed by atoms with Crippen molar-refractivity contribution in [2.45, 2.75) is 6.18 Å². The van der Waals surface area contributed by atoms with E-state index < -0.39 is 35.9 Å². The first-order chi connectivity index (χ1) is 8.71. The summed E-state index contributed by atoms with van der Waals surface area (Å²) in [5.41, 5.74) is 3.46. The zero-order valence-corrected chi connectivity index (χ0v) is 9.32. The molecule has 2 amide bonds. The third-order valence-corrected chi connectivity index (χ3v) is 2.61. The van der Waals surface area contributed by atoms with Crippen LogP contribution in [0.15, 0.2) is 18.2 Å². The van der Waals surface area contributed by atoms with Gasteiger partial charge in [-0.1, -0.05) is 0 Å². The molecule has 0 aliphatic carbocycles. The number of carbonyl (C=O) groups is 3. The molecular weight excluding hydrogens is 265 g/mol.